The normalized spacial score (nSPS) is 13.8. The van der Waals surface area contributed by atoms with Crippen molar-refractivity contribution < 1.29 is 4.74 Å². The number of halogens is 1. The molecule has 2 aromatic rings. The highest BCUT2D eigenvalue weighted by Gasteiger charge is 2.22. The molecule has 0 bridgehead atoms. The molecule has 1 saturated carbocycles. The van der Waals surface area contributed by atoms with Crippen LogP contribution in [0.3, 0.4) is 0 Å². The Morgan fingerprint density at radius 3 is 2.85 bits per heavy atom. The molecular weight excluding hydrogens is 459 g/mol. The summed E-state index contributed by atoms with van der Waals surface area (Å²) in [6, 6.07) is 8.27. The maximum Gasteiger partial charge on any atom is 0.213 e. The van der Waals surface area contributed by atoms with E-state index in [9.17, 15) is 0 Å². The van der Waals surface area contributed by atoms with E-state index in [2.05, 4.69) is 50.8 Å². The Bertz CT molecular complexity index is 671. The first-order chi connectivity index (χ1) is 12.2. The van der Waals surface area contributed by atoms with Gasteiger partial charge in [0.25, 0.3) is 0 Å². The van der Waals surface area contributed by atoms with Crippen molar-refractivity contribution in [2.24, 2.45) is 10.9 Å². The Hall–Kier alpha value is -1.35. The topological polar surface area (TPSA) is 49.8 Å². The Morgan fingerprint density at radius 2 is 2.23 bits per heavy atom. The van der Waals surface area contributed by atoms with Crippen LogP contribution in [0.2, 0.25) is 0 Å². The van der Waals surface area contributed by atoms with E-state index in [4.69, 9.17) is 4.74 Å². The number of likely N-dealkylation sites (N-methyl/N-ethyl adjacent to an activating group) is 1. The molecule has 0 unspecified atom stereocenters. The van der Waals surface area contributed by atoms with Gasteiger partial charge in [-0.3, -0.25) is 4.99 Å². The number of hydrogen-bond donors (Lipinski definition) is 1. The van der Waals surface area contributed by atoms with Gasteiger partial charge in [0.1, 0.15) is 0 Å². The zero-order valence-corrected chi connectivity index (χ0v) is 18.5. The second kappa shape index (κ2) is 10.7. The van der Waals surface area contributed by atoms with Gasteiger partial charge in [0, 0.05) is 44.3 Å². The molecule has 2 aromatic heterocycles. The van der Waals surface area contributed by atoms with Crippen molar-refractivity contribution >= 4 is 41.3 Å². The second-order valence-electron chi connectivity index (χ2n) is 6.41. The van der Waals surface area contributed by atoms with E-state index in [1.54, 1.807) is 11.3 Å². The summed E-state index contributed by atoms with van der Waals surface area (Å²) in [7, 11) is 3.88. The number of nitrogens with one attached hydrogen (secondary N) is 1. The first-order valence-corrected chi connectivity index (χ1v) is 9.64. The van der Waals surface area contributed by atoms with Crippen LogP contribution in [0.1, 0.15) is 23.3 Å². The summed E-state index contributed by atoms with van der Waals surface area (Å²) in [5, 5.41) is 5.51. The molecule has 1 N–H and O–H groups in total. The fraction of sp³-hybridized carbons (Fsp3) is 0.474. The Labute approximate surface area is 176 Å². The van der Waals surface area contributed by atoms with Crippen molar-refractivity contribution in [3.63, 3.8) is 0 Å². The maximum absolute atomic E-state index is 5.67. The summed E-state index contributed by atoms with van der Waals surface area (Å²) in [6.07, 6.45) is 5.49. The minimum absolute atomic E-state index is 0. The molecule has 0 aromatic carbocycles. The summed E-state index contributed by atoms with van der Waals surface area (Å²) < 4.78 is 5.67. The lowest BCUT2D eigenvalue weighted by molar-refractivity contribution is 0.288. The number of pyridine rings is 1. The van der Waals surface area contributed by atoms with E-state index in [1.807, 2.05) is 19.3 Å². The summed E-state index contributed by atoms with van der Waals surface area (Å²) in [4.78, 5) is 12.3. The molecule has 0 radical (unpaired) electrons. The van der Waals surface area contributed by atoms with Gasteiger partial charge in [-0.25, -0.2) is 4.98 Å². The van der Waals surface area contributed by atoms with Gasteiger partial charge >= 0.3 is 0 Å². The molecular formula is C19H27IN4OS. The molecule has 142 valence electrons. The fourth-order valence-electron chi connectivity index (χ4n) is 2.49. The average Bonchev–Trinajstić information content (AvgIpc) is 3.32. The van der Waals surface area contributed by atoms with Crippen LogP contribution in [-0.4, -0.2) is 43.1 Å². The highest BCUT2D eigenvalue weighted by atomic mass is 127. The van der Waals surface area contributed by atoms with Crippen molar-refractivity contribution in [2.75, 3.05) is 27.2 Å². The SMILES string of the molecule is CN=C(NCc1ccc(OCC2CC2)nc1)N(C)CCc1cccs1.I. The molecule has 0 atom stereocenters. The number of rotatable bonds is 8. The van der Waals surface area contributed by atoms with Gasteiger partial charge in [0.2, 0.25) is 5.88 Å². The molecule has 0 saturated heterocycles. The summed E-state index contributed by atoms with van der Waals surface area (Å²) in [5.74, 6) is 2.36. The molecule has 1 aliphatic carbocycles. The molecule has 1 fully saturated rings. The van der Waals surface area contributed by atoms with Gasteiger partial charge < -0.3 is 15.0 Å². The third-order valence-corrected chi connectivity index (χ3v) is 5.20. The molecule has 5 nitrogen and oxygen atoms in total. The lowest BCUT2D eigenvalue weighted by atomic mass is 10.3. The van der Waals surface area contributed by atoms with Crippen molar-refractivity contribution in [1.29, 1.82) is 0 Å². The lowest BCUT2D eigenvalue weighted by Crippen LogP contribution is -2.39. The standard InChI is InChI=1S/C19H26N4OS.HI/c1-20-19(23(2)10-9-17-4-3-11-25-17)22-13-16-7-8-18(21-12-16)24-14-15-5-6-15;/h3-4,7-8,11-12,15H,5-6,9-10,13-14H2,1-2H3,(H,20,22);1H. The van der Waals surface area contributed by atoms with Crippen LogP contribution in [0.5, 0.6) is 5.88 Å². The van der Waals surface area contributed by atoms with Crippen LogP contribution < -0.4 is 10.1 Å². The average molecular weight is 486 g/mol. The molecule has 1 aliphatic rings. The Morgan fingerprint density at radius 1 is 1.38 bits per heavy atom. The first-order valence-electron chi connectivity index (χ1n) is 8.76. The van der Waals surface area contributed by atoms with E-state index in [-0.39, 0.29) is 24.0 Å². The number of nitrogens with zero attached hydrogens (tertiary/aromatic N) is 3. The van der Waals surface area contributed by atoms with Crippen LogP contribution in [0, 0.1) is 5.92 Å². The minimum Gasteiger partial charge on any atom is -0.477 e. The lowest BCUT2D eigenvalue weighted by Gasteiger charge is -2.21. The Kier molecular flexibility index (Phi) is 8.64. The first kappa shape index (κ1) is 21.0. The van der Waals surface area contributed by atoms with E-state index >= 15 is 0 Å². The molecule has 0 spiro atoms. The van der Waals surface area contributed by atoms with E-state index in [0.29, 0.717) is 12.4 Å². The summed E-state index contributed by atoms with van der Waals surface area (Å²) in [5.41, 5.74) is 1.12. The van der Waals surface area contributed by atoms with E-state index in [0.717, 1.165) is 37.0 Å². The van der Waals surface area contributed by atoms with Gasteiger partial charge in [-0.05, 0) is 42.2 Å². The predicted molar refractivity (Wildman–Crippen MR) is 119 cm³/mol. The molecule has 3 rings (SSSR count). The van der Waals surface area contributed by atoms with Crippen LogP contribution >= 0.6 is 35.3 Å². The Balaban J connectivity index is 0.00000243. The monoisotopic (exact) mass is 486 g/mol. The fourth-order valence-corrected chi connectivity index (χ4v) is 3.19. The maximum atomic E-state index is 5.67. The van der Waals surface area contributed by atoms with Crippen molar-refractivity contribution in [3.8, 4) is 5.88 Å². The van der Waals surface area contributed by atoms with Crippen molar-refractivity contribution in [1.82, 2.24) is 15.2 Å². The highest BCUT2D eigenvalue weighted by Crippen LogP contribution is 2.29. The smallest absolute Gasteiger partial charge is 0.213 e. The third-order valence-electron chi connectivity index (χ3n) is 4.26. The minimum atomic E-state index is 0. The van der Waals surface area contributed by atoms with Gasteiger partial charge in [-0.15, -0.1) is 35.3 Å². The van der Waals surface area contributed by atoms with Crippen LogP contribution in [0.25, 0.3) is 0 Å². The highest BCUT2D eigenvalue weighted by molar-refractivity contribution is 14.0. The zero-order chi connectivity index (χ0) is 17.5. The third kappa shape index (κ3) is 6.75. The van der Waals surface area contributed by atoms with Gasteiger partial charge in [0.15, 0.2) is 5.96 Å². The van der Waals surface area contributed by atoms with E-state index < -0.39 is 0 Å². The number of aliphatic imine (C=N–C) groups is 1. The van der Waals surface area contributed by atoms with Crippen LogP contribution in [0.4, 0.5) is 0 Å². The van der Waals surface area contributed by atoms with Crippen molar-refractivity contribution in [2.45, 2.75) is 25.8 Å². The summed E-state index contributed by atoms with van der Waals surface area (Å²) >= 11 is 1.80. The number of guanidine groups is 1. The van der Waals surface area contributed by atoms with Gasteiger partial charge in [-0.2, -0.15) is 0 Å². The number of ether oxygens (including phenoxy) is 1. The molecule has 7 heteroatoms. The number of hydrogen-bond acceptors (Lipinski definition) is 4. The van der Waals surface area contributed by atoms with Crippen LogP contribution in [0.15, 0.2) is 40.8 Å². The number of thiophene rings is 1. The molecule has 0 amide bonds. The predicted octanol–water partition coefficient (Wildman–Crippen LogP) is 3.80. The molecule has 26 heavy (non-hydrogen) atoms. The van der Waals surface area contributed by atoms with Crippen molar-refractivity contribution in [3.05, 3.63) is 46.3 Å². The van der Waals surface area contributed by atoms with Gasteiger partial charge in [0.05, 0.1) is 6.61 Å². The van der Waals surface area contributed by atoms with Crippen LogP contribution in [-0.2, 0) is 13.0 Å². The quantitative estimate of drug-likeness (QED) is 0.351. The molecule has 0 aliphatic heterocycles. The molecule has 2 heterocycles. The summed E-state index contributed by atoms with van der Waals surface area (Å²) in [6.45, 7) is 2.44. The number of aromatic nitrogens is 1. The largest absolute Gasteiger partial charge is 0.477 e. The zero-order valence-electron chi connectivity index (χ0n) is 15.4. The van der Waals surface area contributed by atoms with E-state index in [1.165, 1.54) is 17.7 Å². The second-order valence-corrected chi connectivity index (χ2v) is 7.44. The van der Waals surface area contributed by atoms with Gasteiger partial charge in [-0.1, -0.05) is 12.1 Å².